The van der Waals surface area contributed by atoms with Gasteiger partial charge in [0.2, 0.25) is 23.6 Å². The first kappa shape index (κ1) is 68.6. The second-order valence-electron chi connectivity index (χ2n) is 25.0. The van der Waals surface area contributed by atoms with Gasteiger partial charge < -0.3 is 59.2 Å². The van der Waals surface area contributed by atoms with Crippen molar-refractivity contribution in [1.29, 1.82) is 0 Å². The zero-order valence-corrected chi connectivity index (χ0v) is 53.8. The van der Waals surface area contributed by atoms with E-state index >= 15 is 0 Å². The maximum Gasteiger partial charge on any atom is 0.325 e. The Balaban J connectivity index is 0.000000142. The zero-order chi connectivity index (χ0) is 66.9. The third kappa shape index (κ3) is 11.9. The van der Waals surface area contributed by atoms with Crippen molar-refractivity contribution in [1.82, 2.24) is 21.3 Å². The van der Waals surface area contributed by atoms with E-state index in [1.165, 1.54) is 27.7 Å². The third-order valence-electron chi connectivity index (χ3n) is 18.3. The molecule has 12 aliphatic heterocycles. The van der Waals surface area contributed by atoms with E-state index in [1.807, 2.05) is 6.92 Å². The predicted octanol–water partition coefficient (Wildman–Crippen LogP) is -2.51. The Morgan fingerprint density at radius 3 is 1.44 bits per heavy atom. The number of nitrogens with one attached hydrogen (secondary N) is 4. The molecular formula is C54H72N4O28S4. The molecule has 0 aliphatic carbocycles. The molecule has 32 nitrogen and oxygen atoms in total. The molecule has 4 N–H and O–H groups in total. The van der Waals surface area contributed by atoms with Gasteiger partial charge in [-0.3, -0.25) is 55.1 Å². The SMILES string of the molecule is C=C(C)C(=O)NCC(=O)OC1C2C3OC1(C)C(C)C3(C)OS2(=O)=O.C=C(C)C(=O)NCC(=O)OC1C2C3OC1(C)CC3OS2(=O)=O.C=C(C)C(=O)NCC(=O)OC1C2CC3OS(=O)(=O)C1C3(C)O2.C=C(C)C(=O)NCC(=O)OC1C2OC3C(OS(=O)(=O)C13)C2C. The lowest BCUT2D eigenvalue weighted by molar-refractivity contribution is -0.159. The highest BCUT2D eigenvalue weighted by Gasteiger charge is 2.81. The van der Waals surface area contributed by atoms with Crippen molar-refractivity contribution in [2.24, 2.45) is 11.8 Å². The summed E-state index contributed by atoms with van der Waals surface area (Å²) >= 11 is 0. The number of carbonyl (C=O) groups excluding carboxylic acids is 8. The minimum Gasteiger partial charge on any atom is -0.457 e. The minimum absolute atomic E-state index is 0.179. The molecular weight excluding hydrogens is 1280 g/mol. The van der Waals surface area contributed by atoms with Crippen LogP contribution in [-0.4, -0.2) is 224 Å². The van der Waals surface area contributed by atoms with Crippen LogP contribution in [0.25, 0.3) is 0 Å². The van der Waals surface area contributed by atoms with Gasteiger partial charge in [-0.2, -0.15) is 33.7 Å². The lowest BCUT2D eigenvalue weighted by Gasteiger charge is -2.38. The molecule has 0 saturated carbocycles. The largest absolute Gasteiger partial charge is 0.457 e. The summed E-state index contributed by atoms with van der Waals surface area (Å²) in [5.74, 6) is -5.24. The highest BCUT2D eigenvalue weighted by atomic mass is 32.2. The number of esters is 4. The number of hydrogen-bond acceptors (Lipinski definition) is 28. The molecule has 90 heavy (non-hydrogen) atoms. The van der Waals surface area contributed by atoms with Crippen LogP contribution in [0.1, 0.15) is 82.1 Å². The van der Waals surface area contributed by atoms with Gasteiger partial charge in [0.15, 0.2) is 45.4 Å². The molecule has 4 amide bonds. The Bertz CT molecular complexity index is 3560. The molecule has 12 rings (SSSR count). The van der Waals surface area contributed by atoms with Gasteiger partial charge in [-0.1, -0.05) is 40.2 Å². The van der Waals surface area contributed by atoms with Gasteiger partial charge in [0, 0.05) is 47.0 Å². The Kier molecular flexibility index (Phi) is 18.0. The number of carbonyl (C=O) groups is 8. The molecule has 12 fully saturated rings. The zero-order valence-electron chi connectivity index (χ0n) is 50.5. The van der Waals surface area contributed by atoms with E-state index < -0.39 is 205 Å². The number of amides is 4. The van der Waals surface area contributed by atoms with Gasteiger partial charge in [-0.25, -0.2) is 0 Å². The average Bonchev–Trinajstić information content (AvgIpc) is 1.52. The predicted molar refractivity (Wildman–Crippen MR) is 302 cm³/mol. The monoisotopic (exact) mass is 1350 g/mol. The molecule has 36 heteroatoms. The first-order chi connectivity index (χ1) is 41.4. The number of ether oxygens (including phenoxy) is 8. The Hall–Kier alpha value is -5.80. The summed E-state index contributed by atoms with van der Waals surface area (Å²) in [6.45, 7) is 28.8. The number of hydrogen-bond donors (Lipinski definition) is 4. The van der Waals surface area contributed by atoms with Gasteiger partial charge in [0.05, 0.1) is 6.10 Å². The maximum atomic E-state index is 12.3. The van der Waals surface area contributed by atoms with Gasteiger partial charge >= 0.3 is 23.9 Å². The summed E-state index contributed by atoms with van der Waals surface area (Å²) < 4.78 is 161. The molecule has 12 heterocycles. The van der Waals surface area contributed by atoms with Crippen LogP contribution in [0.2, 0.25) is 0 Å². The molecule has 0 aromatic heterocycles. The fourth-order valence-corrected chi connectivity index (χ4v) is 21.5. The fourth-order valence-electron chi connectivity index (χ4n) is 13.7. The van der Waals surface area contributed by atoms with Crippen LogP contribution in [0.4, 0.5) is 0 Å². The van der Waals surface area contributed by atoms with Crippen LogP contribution in [0.5, 0.6) is 0 Å². The van der Waals surface area contributed by atoms with Crippen molar-refractivity contribution in [2.45, 2.75) is 199 Å². The van der Waals surface area contributed by atoms with E-state index in [0.717, 1.165) is 0 Å². The van der Waals surface area contributed by atoms with Gasteiger partial charge in [0.1, 0.15) is 91.3 Å². The third-order valence-corrected chi connectivity index (χ3v) is 25.3. The van der Waals surface area contributed by atoms with Gasteiger partial charge in [-0.05, 0) is 55.4 Å². The molecule has 8 bridgehead atoms. The summed E-state index contributed by atoms with van der Waals surface area (Å²) in [7, 11) is -15.4. The molecule has 0 spiro atoms. The van der Waals surface area contributed by atoms with E-state index in [4.69, 9.17) is 54.6 Å². The highest BCUT2D eigenvalue weighted by Crippen LogP contribution is 2.62. The van der Waals surface area contributed by atoms with Crippen LogP contribution in [0.15, 0.2) is 48.6 Å². The molecule has 22 atom stereocenters. The average molecular weight is 1350 g/mol. The normalized spacial score (nSPS) is 41.5. The lowest BCUT2D eigenvalue weighted by Crippen LogP contribution is -2.57. The maximum absolute atomic E-state index is 12.3. The first-order valence-electron chi connectivity index (χ1n) is 28.4. The number of rotatable bonds is 16. The summed E-state index contributed by atoms with van der Waals surface area (Å²) in [6, 6.07) is 0. The summed E-state index contributed by atoms with van der Waals surface area (Å²) in [5, 5.41) is 5.32. The summed E-state index contributed by atoms with van der Waals surface area (Å²) in [6.07, 6.45) is -7.41. The van der Waals surface area contributed by atoms with Crippen LogP contribution < -0.4 is 21.3 Å². The number of fused-ring (bicyclic) bond motifs is 4. The lowest BCUT2D eigenvalue weighted by atomic mass is 9.70. The second kappa shape index (κ2) is 23.6. The van der Waals surface area contributed by atoms with E-state index in [-0.39, 0.29) is 60.3 Å². The van der Waals surface area contributed by atoms with E-state index in [1.54, 1.807) is 34.6 Å². The quantitative estimate of drug-likeness (QED) is 0.0536. The van der Waals surface area contributed by atoms with Crippen LogP contribution in [0, 0.1) is 11.8 Å². The second-order valence-corrected chi connectivity index (χ2v) is 31.8. The molecule has 0 radical (unpaired) electrons. The van der Waals surface area contributed by atoms with Gasteiger partial charge in [-0.15, -0.1) is 0 Å². The topological polar surface area (TPSA) is 432 Å². The van der Waals surface area contributed by atoms with E-state index in [9.17, 15) is 72.0 Å². The standard InChI is InChI=1S/C15H21NO7S.3C13H17NO7S/c1-7(2)13(18)16-6-9(17)21-11-10-12-15(5,23-24(10,19)20)8(3)14(11,4)22-12;1-6(2)12(16)14-5-8(15)19-11-10-9-7(21-22(10,17)18)4-13(11,3)20-9;1-6(2)12(16)14-5-9(15)19-10-7-4-8-13(3,20-7)11(10)22(17,18)21-8;1-5(2)13(16)14-4-7(15)19-10-8-6(3)9-11(20-8)12(10)22(17,18)21-9/h8,10-12H,1,6H2,2-5H3,(H,16,18);7,9-11H,1,4-5H2,2-3H3,(H,14,16);7-8,10-11H,1,4-5H2,2-3H3,(H,14,16);6,8-12H,1,4H2,2-3H3,(H,14,16). The molecule has 22 unspecified atom stereocenters. The highest BCUT2D eigenvalue weighted by molar-refractivity contribution is 7.88. The smallest absolute Gasteiger partial charge is 0.325 e. The van der Waals surface area contributed by atoms with Crippen molar-refractivity contribution < 1.29 is 127 Å². The van der Waals surface area contributed by atoms with Crippen LogP contribution in [0.3, 0.4) is 0 Å². The first-order valence-corrected chi connectivity index (χ1v) is 34.3. The summed E-state index contributed by atoms with van der Waals surface area (Å²) in [4.78, 5) is 93.1. The fraction of sp³-hybridized carbons (Fsp3) is 0.704. The van der Waals surface area contributed by atoms with Crippen LogP contribution in [-0.2, 0) is 133 Å². The van der Waals surface area contributed by atoms with E-state index in [0.29, 0.717) is 12.8 Å². The molecule has 12 saturated heterocycles. The molecule has 0 aromatic carbocycles. The molecule has 12 aliphatic rings. The Morgan fingerprint density at radius 2 is 0.944 bits per heavy atom. The van der Waals surface area contributed by atoms with Crippen molar-refractivity contribution in [3.63, 3.8) is 0 Å². The van der Waals surface area contributed by atoms with Crippen molar-refractivity contribution in [3.8, 4) is 0 Å². The van der Waals surface area contributed by atoms with E-state index in [2.05, 4.69) is 47.6 Å². The Morgan fingerprint density at radius 1 is 0.478 bits per heavy atom. The minimum atomic E-state index is -3.90. The summed E-state index contributed by atoms with van der Waals surface area (Å²) in [5.41, 5.74) is -2.71. The van der Waals surface area contributed by atoms with Crippen molar-refractivity contribution in [2.75, 3.05) is 26.2 Å². The molecule has 500 valence electrons. The van der Waals surface area contributed by atoms with Crippen molar-refractivity contribution in [3.05, 3.63) is 48.6 Å². The Labute approximate surface area is 518 Å². The van der Waals surface area contributed by atoms with Crippen molar-refractivity contribution >= 4 is 88.0 Å². The van der Waals surface area contributed by atoms with Crippen LogP contribution >= 0.6 is 0 Å². The van der Waals surface area contributed by atoms with Gasteiger partial charge in [0.25, 0.3) is 40.5 Å². The molecule has 0 aromatic rings.